The molecule has 0 radical (unpaired) electrons. The highest BCUT2D eigenvalue weighted by Crippen LogP contribution is 2.29. The minimum Gasteiger partial charge on any atom is -0.369 e. The third-order valence-corrected chi connectivity index (χ3v) is 7.36. The number of sulfonamides is 1. The highest BCUT2D eigenvalue weighted by atomic mass is 79.9. The van der Waals surface area contributed by atoms with Crippen molar-refractivity contribution in [1.82, 2.24) is 4.31 Å². The summed E-state index contributed by atoms with van der Waals surface area (Å²) in [5, 5.41) is 2.74. The zero-order valence-corrected chi connectivity index (χ0v) is 17.8. The number of amides is 2. The minimum atomic E-state index is -3.71. The van der Waals surface area contributed by atoms with Gasteiger partial charge in [-0.3, -0.25) is 9.59 Å². The molecule has 3 N–H and O–H groups in total. The molecule has 2 rings (SSSR count). The van der Waals surface area contributed by atoms with E-state index in [4.69, 9.17) is 5.73 Å². The van der Waals surface area contributed by atoms with Gasteiger partial charge in [0.25, 0.3) is 5.91 Å². The smallest absolute Gasteiger partial charge is 0.255 e. The van der Waals surface area contributed by atoms with E-state index < -0.39 is 21.8 Å². The zero-order valence-electron chi connectivity index (χ0n) is 14.6. The van der Waals surface area contributed by atoms with Crippen LogP contribution in [0.4, 0.5) is 5.69 Å². The first-order valence-corrected chi connectivity index (χ1v) is 10.9. The summed E-state index contributed by atoms with van der Waals surface area (Å²) in [4.78, 5) is 24.3. The van der Waals surface area contributed by atoms with Gasteiger partial charge in [0.15, 0.2) is 0 Å². The number of nitrogens with zero attached hydrogens (tertiary/aromatic N) is 1. The molecule has 0 aliphatic heterocycles. The molecule has 144 valence electrons. The van der Waals surface area contributed by atoms with Crippen molar-refractivity contribution in [2.24, 2.45) is 5.73 Å². The van der Waals surface area contributed by atoms with Gasteiger partial charge in [-0.1, -0.05) is 12.1 Å². The first kappa shape index (κ1) is 21.4. The second-order valence-corrected chi connectivity index (χ2v) is 9.63. The van der Waals surface area contributed by atoms with Crippen molar-refractivity contribution in [3.05, 3.63) is 52.5 Å². The van der Waals surface area contributed by atoms with Crippen molar-refractivity contribution in [3.8, 4) is 0 Å². The lowest BCUT2D eigenvalue weighted by Crippen LogP contribution is -2.23. The Kier molecular flexibility index (Phi) is 7.04. The third kappa shape index (κ3) is 5.32. The lowest BCUT2D eigenvalue weighted by Gasteiger charge is -2.14. The largest absolute Gasteiger partial charge is 0.369 e. The fraction of sp³-hybridized carbons (Fsp3) is 0.176. The molecule has 0 aliphatic rings. The Labute approximate surface area is 170 Å². The van der Waals surface area contributed by atoms with Crippen LogP contribution in [0, 0.1) is 0 Å². The molecular formula is C17H18BrN3O4S2. The second kappa shape index (κ2) is 8.87. The minimum absolute atomic E-state index is 0.00321. The van der Waals surface area contributed by atoms with Gasteiger partial charge < -0.3 is 11.1 Å². The number of carbonyl (C=O) groups is 2. The summed E-state index contributed by atoms with van der Waals surface area (Å²) in [7, 11) is -0.877. The van der Waals surface area contributed by atoms with Crippen molar-refractivity contribution < 1.29 is 18.0 Å². The summed E-state index contributed by atoms with van der Waals surface area (Å²) in [6.07, 6.45) is 0. The quantitative estimate of drug-likeness (QED) is 0.602. The van der Waals surface area contributed by atoms with E-state index in [0.29, 0.717) is 15.1 Å². The van der Waals surface area contributed by atoms with Crippen LogP contribution in [0.3, 0.4) is 0 Å². The Morgan fingerprint density at radius 3 is 2.48 bits per heavy atom. The van der Waals surface area contributed by atoms with E-state index in [1.54, 1.807) is 24.3 Å². The summed E-state index contributed by atoms with van der Waals surface area (Å²) < 4.78 is 26.3. The molecule has 27 heavy (non-hydrogen) atoms. The lowest BCUT2D eigenvalue weighted by atomic mass is 10.2. The molecular weight excluding hydrogens is 454 g/mol. The Balaban J connectivity index is 2.31. The predicted molar refractivity (Wildman–Crippen MR) is 109 cm³/mol. The van der Waals surface area contributed by atoms with Crippen molar-refractivity contribution in [2.45, 2.75) is 9.79 Å². The number of carbonyl (C=O) groups excluding carboxylic acids is 2. The van der Waals surface area contributed by atoms with Crippen LogP contribution < -0.4 is 11.1 Å². The Morgan fingerprint density at radius 2 is 1.85 bits per heavy atom. The topological polar surface area (TPSA) is 110 Å². The van der Waals surface area contributed by atoms with Gasteiger partial charge in [-0.15, -0.1) is 11.8 Å². The fourth-order valence-corrected chi connectivity index (χ4v) is 4.67. The van der Waals surface area contributed by atoms with E-state index in [1.807, 2.05) is 0 Å². The lowest BCUT2D eigenvalue weighted by molar-refractivity contribution is -0.115. The van der Waals surface area contributed by atoms with Crippen molar-refractivity contribution >= 4 is 55.2 Å². The van der Waals surface area contributed by atoms with Crippen LogP contribution in [-0.2, 0) is 14.8 Å². The standard InChI is InChI=1S/C17H18BrN3O4S2/c1-21(2)27(24,25)15-9-11(7-8-12(15)18)17(23)20-13-5-3-4-6-14(13)26-10-16(19)22/h3-9H,10H2,1-2H3,(H2,19,22)(H,20,23). The van der Waals surface area contributed by atoms with Gasteiger partial charge in [-0.2, -0.15) is 0 Å². The maximum atomic E-state index is 12.6. The van der Waals surface area contributed by atoms with E-state index in [1.165, 1.54) is 44.1 Å². The maximum absolute atomic E-state index is 12.6. The number of para-hydroxylation sites is 1. The number of nitrogens with two attached hydrogens (primary N) is 1. The Morgan fingerprint density at radius 1 is 1.19 bits per heavy atom. The zero-order chi connectivity index (χ0) is 20.2. The van der Waals surface area contributed by atoms with E-state index in [-0.39, 0.29) is 16.2 Å². The van der Waals surface area contributed by atoms with E-state index in [9.17, 15) is 18.0 Å². The summed E-state index contributed by atoms with van der Waals surface area (Å²) >= 11 is 4.42. The van der Waals surface area contributed by atoms with Gasteiger partial charge in [0.05, 0.1) is 16.3 Å². The monoisotopic (exact) mass is 471 g/mol. The molecule has 7 nitrogen and oxygen atoms in total. The molecule has 0 saturated carbocycles. The predicted octanol–water partition coefficient (Wildman–Crippen LogP) is 2.53. The third-order valence-electron chi connectivity index (χ3n) is 3.46. The Hall–Kier alpha value is -1.88. The van der Waals surface area contributed by atoms with Crippen LogP contribution in [0.15, 0.2) is 56.7 Å². The summed E-state index contributed by atoms with van der Waals surface area (Å²) in [5.41, 5.74) is 5.86. The van der Waals surface area contributed by atoms with Gasteiger partial charge in [-0.05, 0) is 46.3 Å². The number of anilines is 1. The van der Waals surface area contributed by atoms with Crippen LogP contribution in [-0.4, -0.2) is 44.4 Å². The second-order valence-electron chi connectivity index (χ2n) is 5.64. The molecule has 0 spiro atoms. The van der Waals surface area contributed by atoms with Crippen LogP contribution in [0.1, 0.15) is 10.4 Å². The number of nitrogens with one attached hydrogen (secondary N) is 1. The summed E-state index contributed by atoms with van der Waals surface area (Å²) in [6, 6.07) is 11.3. The van der Waals surface area contributed by atoms with Crippen molar-refractivity contribution in [1.29, 1.82) is 0 Å². The molecule has 0 fully saturated rings. The van der Waals surface area contributed by atoms with Crippen LogP contribution in [0.2, 0.25) is 0 Å². The maximum Gasteiger partial charge on any atom is 0.255 e. The first-order valence-electron chi connectivity index (χ1n) is 7.66. The molecule has 10 heteroatoms. The van der Waals surface area contributed by atoms with Gasteiger partial charge in [0.2, 0.25) is 15.9 Å². The van der Waals surface area contributed by atoms with Crippen molar-refractivity contribution in [2.75, 3.05) is 25.2 Å². The van der Waals surface area contributed by atoms with Gasteiger partial charge >= 0.3 is 0 Å². The molecule has 2 aromatic carbocycles. The van der Waals surface area contributed by atoms with E-state index in [2.05, 4.69) is 21.2 Å². The SMILES string of the molecule is CN(C)S(=O)(=O)c1cc(C(=O)Nc2ccccc2SCC(N)=O)ccc1Br. The number of thioether (sulfide) groups is 1. The van der Waals surface area contributed by atoms with Gasteiger partial charge in [0, 0.05) is 29.0 Å². The fourth-order valence-electron chi connectivity index (χ4n) is 2.08. The van der Waals surface area contributed by atoms with Crippen LogP contribution >= 0.6 is 27.7 Å². The number of benzene rings is 2. The van der Waals surface area contributed by atoms with Crippen LogP contribution in [0.5, 0.6) is 0 Å². The average molecular weight is 472 g/mol. The molecule has 0 heterocycles. The molecule has 0 bridgehead atoms. The molecule has 0 saturated heterocycles. The average Bonchev–Trinajstić information content (AvgIpc) is 2.60. The molecule has 2 amide bonds. The molecule has 0 atom stereocenters. The highest BCUT2D eigenvalue weighted by molar-refractivity contribution is 9.10. The number of rotatable bonds is 7. The number of primary amides is 1. The molecule has 0 aliphatic carbocycles. The molecule has 0 aromatic heterocycles. The number of hydrogen-bond acceptors (Lipinski definition) is 5. The molecule has 2 aromatic rings. The van der Waals surface area contributed by atoms with Crippen LogP contribution in [0.25, 0.3) is 0 Å². The normalized spacial score (nSPS) is 11.4. The molecule has 0 unspecified atom stereocenters. The van der Waals surface area contributed by atoms with E-state index in [0.717, 1.165) is 4.31 Å². The first-order chi connectivity index (χ1) is 12.6. The number of hydrogen-bond donors (Lipinski definition) is 2. The van der Waals surface area contributed by atoms with Gasteiger partial charge in [-0.25, -0.2) is 12.7 Å². The highest BCUT2D eigenvalue weighted by Gasteiger charge is 2.22. The van der Waals surface area contributed by atoms with Gasteiger partial charge in [0.1, 0.15) is 0 Å². The summed E-state index contributed by atoms with van der Waals surface area (Å²) in [5.74, 6) is -0.853. The number of halogens is 1. The van der Waals surface area contributed by atoms with Crippen molar-refractivity contribution in [3.63, 3.8) is 0 Å². The summed E-state index contributed by atoms with van der Waals surface area (Å²) in [6.45, 7) is 0. The Bertz CT molecular complexity index is 978. The van der Waals surface area contributed by atoms with E-state index >= 15 is 0 Å².